The first-order chi connectivity index (χ1) is 5.31. The smallest absolute Gasteiger partial charge is 0.230 e. The van der Waals surface area contributed by atoms with Crippen molar-refractivity contribution in [1.29, 1.82) is 0 Å². The molecule has 1 saturated carbocycles. The highest BCUT2D eigenvalue weighted by Crippen LogP contribution is 2.45. The minimum atomic E-state index is 0.366. The Bertz CT molecular complexity index is 258. The van der Waals surface area contributed by atoms with Crippen molar-refractivity contribution in [3.63, 3.8) is 0 Å². The van der Waals surface area contributed by atoms with Gasteiger partial charge in [-0.2, -0.15) is 4.98 Å². The molecule has 1 aromatic rings. The number of aromatic nitrogens is 2. The van der Waals surface area contributed by atoms with Gasteiger partial charge < -0.3 is 10.3 Å². The number of nitrogens with two attached hydrogens (primary N) is 1. The molecule has 2 unspecified atom stereocenters. The van der Waals surface area contributed by atoms with Crippen molar-refractivity contribution < 1.29 is 4.52 Å². The fourth-order valence-corrected chi connectivity index (χ4v) is 1.17. The summed E-state index contributed by atoms with van der Waals surface area (Å²) >= 11 is 0. The van der Waals surface area contributed by atoms with Crippen molar-refractivity contribution in [2.75, 3.05) is 0 Å². The molecule has 0 aromatic carbocycles. The quantitative estimate of drug-likeness (QED) is 0.677. The summed E-state index contributed by atoms with van der Waals surface area (Å²) in [5.41, 5.74) is 5.33. The van der Waals surface area contributed by atoms with E-state index in [1.54, 1.807) is 0 Å². The van der Waals surface area contributed by atoms with Crippen molar-refractivity contribution in [3.8, 4) is 0 Å². The molecule has 1 fully saturated rings. The average Bonchev–Trinajstić information content (AvgIpc) is 2.59. The van der Waals surface area contributed by atoms with E-state index < -0.39 is 0 Å². The van der Waals surface area contributed by atoms with E-state index in [-0.39, 0.29) is 0 Å². The Morgan fingerprint density at radius 2 is 2.45 bits per heavy atom. The number of hydrogen-bond acceptors (Lipinski definition) is 4. The maximum atomic E-state index is 5.33. The summed E-state index contributed by atoms with van der Waals surface area (Å²) in [5, 5.41) is 3.72. The van der Waals surface area contributed by atoms with Crippen molar-refractivity contribution in [2.24, 2.45) is 11.7 Å². The predicted octanol–water partition coefficient (Wildman–Crippen LogP) is 0.652. The van der Waals surface area contributed by atoms with Crippen molar-refractivity contribution in [2.45, 2.75) is 25.8 Å². The van der Waals surface area contributed by atoms with Crippen LogP contribution >= 0.6 is 0 Å². The highest BCUT2D eigenvalue weighted by molar-refractivity contribution is 5.05. The van der Waals surface area contributed by atoms with Crippen LogP contribution in [0.4, 0.5) is 0 Å². The summed E-state index contributed by atoms with van der Waals surface area (Å²) in [6, 6.07) is 0. The van der Waals surface area contributed by atoms with Gasteiger partial charge in [0.1, 0.15) is 0 Å². The van der Waals surface area contributed by atoms with E-state index in [1.807, 2.05) is 0 Å². The Kier molecular flexibility index (Phi) is 1.42. The molecule has 11 heavy (non-hydrogen) atoms. The Morgan fingerprint density at radius 1 is 1.73 bits per heavy atom. The molecule has 0 bridgehead atoms. The number of rotatable bonds is 2. The lowest BCUT2D eigenvalue weighted by atomic mass is 10.3. The summed E-state index contributed by atoms with van der Waals surface area (Å²) in [7, 11) is 0. The molecule has 1 aliphatic rings. The highest BCUT2D eigenvalue weighted by atomic mass is 16.5. The molecule has 2 atom stereocenters. The maximum absolute atomic E-state index is 5.33. The zero-order chi connectivity index (χ0) is 7.84. The zero-order valence-electron chi connectivity index (χ0n) is 6.45. The van der Waals surface area contributed by atoms with E-state index in [9.17, 15) is 0 Å². The lowest BCUT2D eigenvalue weighted by molar-refractivity contribution is 0.371. The van der Waals surface area contributed by atoms with Crippen LogP contribution in [0, 0.1) is 5.92 Å². The van der Waals surface area contributed by atoms with E-state index in [1.165, 1.54) is 6.42 Å². The van der Waals surface area contributed by atoms with Crippen molar-refractivity contribution >= 4 is 0 Å². The van der Waals surface area contributed by atoms with E-state index >= 15 is 0 Å². The molecule has 0 spiro atoms. The largest absolute Gasteiger partial charge is 0.339 e. The molecule has 2 rings (SSSR count). The van der Waals surface area contributed by atoms with Gasteiger partial charge in [0.15, 0.2) is 5.82 Å². The third kappa shape index (κ3) is 1.14. The minimum absolute atomic E-state index is 0.366. The number of hydrogen-bond donors (Lipinski definition) is 1. The molecule has 0 saturated heterocycles. The molecule has 1 aliphatic carbocycles. The van der Waals surface area contributed by atoms with Crippen LogP contribution in [-0.2, 0) is 6.54 Å². The topological polar surface area (TPSA) is 64.9 Å². The summed E-state index contributed by atoms with van der Waals surface area (Å²) in [5.74, 6) is 2.58. The lowest BCUT2D eigenvalue weighted by Crippen LogP contribution is -1.98. The van der Waals surface area contributed by atoms with E-state index in [2.05, 4.69) is 17.1 Å². The molecule has 0 radical (unpaired) electrons. The molecular formula is C7H11N3O. The molecule has 1 aromatic heterocycles. The van der Waals surface area contributed by atoms with Gasteiger partial charge in [-0.05, 0) is 12.3 Å². The van der Waals surface area contributed by atoms with Crippen LogP contribution < -0.4 is 5.73 Å². The highest BCUT2D eigenvalue weighted by Gasteiger charge is 2.38. The Morgan fingerprint density at radius 3 is 2.91 bits per heavy atom. The van der Waals surface area contributed by atoms with Crippen LogP contribution in [0.2, 0.25) is 0 Å². The van der Waals surface area contributed by atoms with Gasteiger partial charge in [0.25, 0.3) is 0 Å². The van der Waals surface area contributed by atoms with Gasteiger partial charge in [-0.15, -0.1) is 0 Å². The van der Waals surface area contributed by atoms with Gasteiger partial charge in [-0.3, -0.25) is 0 Å². The Hall–Kier alpha value is -0.900. The average molecular weight is 153 g/mol. The van der Waals surface area contributed by atoms with Gasteiger partial charge in [0.05, 0.1) is 6.54 Å². The first-order valence-electron chi connectivity index (χ1n) is 3.84. The molecule has 2 N–H and O–H groups in total. The van der Waals surface area contributed by atoms with Gasteiger partial charge in [0.2, 0.25) is 5.89 Å². The minimum Gasteiger partial charge on any atom is -0.339 e. The van der Waals surface area contributed by atoms with Gasteiger partial charge >= 0.3 is 0 Å². The standard InChI is InChI=1S/C7H11N3O/c1-4-2-5(4)7-9-6(3-8)10-11-7/h4-5H,2-3,8H2,1H3. The van der Waals surface area contributed by atoms with E-state index in [4.69, 9.17) is 10.3 Å². The maximum Gasteiger partial charge on any atom is 0.230 e. The van der Waals surface area contributed by atoms with Crippen molar-refractivity contribution in [1.82, 2.24) is 10.1 Å². The van der Waals surface area contributed by atoms with Crippen LogP contribution in [0.3, 0.4) is 0 Å². The fraction of sp³-hybridized carbons (Fsp3) is 0.714. The van der Waals surface area contributed by atoms with Crippen LogP contribution in [0.15, 0.2) is 4.52 Å². The summed E-state index contributed by atoms with van der Waals surface area (Å²) in [6.45, 7) is 2.54. The first kappa shape index (κ1) is 6.79. The second-order valence-corrected chi connectivity index (χ2v) is 3.07. The summed E-state index contributed by atoms with van der Waals surface area (Å²) < 4.78 is 5.01. The zero-order valence-corrected chi connectivity index (χ0v) is 6.45. The van der Waals surface area contributed by atoms with Crippen molar-refractivity contribution in [3.05, 3.63) is 11.7 Å². The molecule has 0 aliphatic heterocycles. The SMILES string of the molecule is CC1CC1c1nc(CN)no1. The molecule has 60 valence electrons. The van der Waals surface area contributed by atoms with Gasteiger partial charge in [0, 0.05) is 5.92 Å². The van der Waals surface area contributed by atoms with Crippen LogP contribution in [0.1, 0.15) is 31.0 Å². The van der Waals surface area contributed by atoms with E-state index in [0.29, 0.717) is 24.2 Å². The molecule has 4 heteroatoms. The van der Waals surface area contributed by atoms with E-state index in [0.717, 1.165) is 5.89 Å². The Labute approximate surface area is 64.8 Å². The Balaban J connectivity index is 2.13. The van der Waals surface area contributed by atoms with Crippen LogP contribution in [0.5, 0.6) is 0 Å². The summed E-state index contributed by atoms with van der Waals surface area (Å²) in [4.78, 5) is 4.14. The molecular weight excluding hydrogens is 142 g/mol. The molecule has 4 nitrogen and oxygen atoms in total. The fourth-order valence-electron chi connectivity index (χ4n) is 1.17. The second kappa shape index (κ2) is 2.30. The summed E-state index contributed by atoms with van der Waals surface area (Å²) in [6.07, 6.45) is 1.17. The molecule has 1 heterocycles. The number of nitrogens with zero attached hydrogens (tertiary/aromatic N) is 2. The predicted molar refractivity (Wildman–Crippen MR) is 38.7 cm³/mol. The molecule has 0 amide bonds. The van der Waals surface area contributed by atoms with Crippen LogP contribution in [0.25, 0.3) is 0 Å². The van der Waals surface area contributed by atoms with Crippen LogP contribution in [-0.4, -0.2) is 10.1 Å². The third-order valence-corrected chi connectivity index (χ3v) is 2.09. The third-order valence-electron chi connectivity index (χ3n) is 2.09. The first-order valence-corrected chi connectivity index (χ1v) is 3.84. The lowest BCUT2D eigenvalue weighted by Gasteiger charge is -1.82. The van der Waals surface area contributed by atoms with Gasteiger partial charge in [-0.25, -0.2) is 0 Å². The monoisotopic (exact) mass is 153 g/mol. The van der Waals surface area contributed by atoms with Gasteiger partial charge in [-0.1, -0.05) is 12.1 Å². The normalized spacial score (nSPS) is 28.9. The second-order valence-electron chi connectivity index (χ2n) is 3.07.